The minimum absolute atomic E-state index is 0.0107. The molecule has 1 N–H and O–H groups in total. The molecule has 0 bridgehead atoms. The lowest BCUT2D eigenvalue weighted by Crippen LogP contribution is -2.07. The first kappa shape index (κ1) is 14.9. The van der Waals surface area contributed by atoms with Crippen molar-refractivity contribution in [3.05, 3.63) is 45.5 Å². The second kappa shape index (κ2) is 6.31. The van der Waals surface area contributed by atoms with E-state index in [0.717, 1.165) is 0 Å². The molecule has 1 aromatic heterocycles. The van der Waals surface area contributed by atoms with Crippen molar-refractivity contribution in [1.29, 1.82) is 0 Å². The summed E-state index contributed by atoms with van der Waals surface area (Å²) in [5.41, 5.74) is 0.693. The summed E-state index contributed by atoms with van der Waals surface area (Å²) in [4.78, 5) is 25.3. The first-order valence-electron chi connectivity index (χ1n) is 6.10. The van der Waals surface area contributed by atoms with Gasteiger partial charge in [-0.15, -0.1) is 11.3 Å². The molecule has 1 heterocycles. The molecule has 2 aromatic rings. The van der Waals surface area contributed by atoms with Crippen LogP contribution in [0.15, 0.2) is 29.6 Å². The number of rotatable bonds is 5. The molecular weight excluding hydrogens is 294 g/mol. The maximum absolute atomic E-state index is 10.9. The van der Waals surface area contributed by atoms with Gasteiger partial charge < -0.3 is 10.1 Å². The van der Waals surface area contributed by atoms with Crippen molar-refractivity contribution in [1.82, 2.24) is 4.98 Å². The topological polar surface area (TPSA) is 94.4 Å². The largest absolute Gasteiger partial charge is 0.484 e. The molecule has 0 aliphatic rings. The quantitative estimate of drug-likeness (QED) is 0.676. The minimum atomic E-state index is -0.465. The smallest absolute Gasteiger partial charge is 0.269 e. The van der Waals surface area contributed by atoms with Crippen molar-refractivity contribution in [2.24, 2.45) is 0 Å². The molecule has 0 spiro atoms. The predicted molar refractivity (Wildman–Crippen MR) is 78.6 cm³/mol. The van der Waals surface area contributed by atoms with E-state index in [1.807, 2.05) is 6.92 Å². The molecule has 0 saturated carbocycles. The number of ether oxygens (including phenoxy) is 1. The number of anilines is 1. The SMILES string of the molecule is CC(=O)Nc1nc(C(C)Oc2ccc([N+](=O)[O-])cc2)cs1. The molecule has 0 aliphatic carbocycles. The fraction of sp³-hybridized carbons (Fsp3) is 0.231. The van der Waals surface area contributed by atoms with E-state index in [0.29, 0.717) is 16.6 Å². The third-order valence-electron chi connectivity index (χ3n) is 2.58. The van der Waals surface area contributed by atoms with Gasteiger partial charge in [-0.2, -0.15) is 0 Å². The lowest BCUT2D eigenvalue weighted by Gasteiger charge is -2.12. The third kappa shape index (κ3) is 3.99. The Balaban J connectivity index is 2.03. The second-order valence-corrected chi connectivity index (χ2v) is 5.13. The van der Waals surface area contributed by atoms with Crippen molar-refractivity contribution in [3.8, 4) is 5.75 Å². The van der Waals surface area contributed by atoms with Crippen LogP contribution in [0.3, 0.4) is 0 Å². The summed E-state index contributed by atoms with van der Waals surface area (Å²) in [6, 6.07) is 5.84. The van der Waals surface area contributed by atoms with Gasteiger partial charge in [0.1, 0.15) is 11.9 Å². The Morgan fingerprint density at radius 3 is 2.67 bits per heavy atom. The number of carbonyl (C=O) groups excluding carboxylic acids is 1. The summed E-state index contributed by atoms with van der Waals surface area (Å²) < 4.78 is 5.66. The number of aromatic nitrogens is 1. The molecule has 0 aliphatic heterocycles. The Labute approximate surface area is 124 Å². The van der Waals surface area contributed by atoms with E-state index in [-0.39, 0.29) is 17.7 Å². The summed E-state index contributed by atoms with van der Waals surface area (Å²) in [6.07, 6.45) is -0.329. The van der Waals surface area contributed by atoms with Crippen LogP contribution in [0.25, 0.3) is 0 Å². The average Bonchev–Trinajstić information content (AvgIpc) is 2.87. The number of non-ortho nitro benzene ring substituents is 1. The van der Waals surface area contributed by atoms with E-state index in [1.165, 1.54) is 42.5 Å². The average molecular weight is 307 g/mol. The van der Waals surface area contributed by atoms with Gasteiger partial charge in [-0.25, -0.2) is 4.98 Å². The number of nitro benzene ring substituents is 1. The normalized spacial score (nSPS) is 11.7. The highest BCUT2D eigenvalue weighted by Crippen LogP contribution is 2.26. The first-order valence-corrected chi connectivity index (χ1v) is 6.98. The van der Waals surface area contributed by atoms with Crippen molar-refractivity contribution in [3.63, 3.8) is 0 Å². The molecule has 0 saturated heterocycles. The Bertz CT molecular complexity index is 654. The van der Waals surface area contributed by atoms with Crippen molar-refractivity contribution < 1.29 is 14.5 Å². The molecule has 0 radical (unpaired) electrons. The molecule has 1 amide bonds. The predicted octanol–water partition coefficient (Wildman–Crippen LogP) is 3.15. The van der Waals surface area contributed by atoms with Gasteiger partial charge in [0.2, 0.25) is 5.91 Å². The van der Waals surface area contributed by atoms with Crippen LogP contribution in [0.2, 0.25) is 0 Å². The minimum Gasteiger partial charge on any atom is -0.484 e. The maximum atomic E-state index is 10.9. The molecule has 2 rings (SSSR count). The summed E-state index contributed by atoms with van der Waals surface area (Å²) in [5, 5.41) is 15.5. The Hall–Kier alpha value is -2.48. The number of hydrogen-bond acceptors (Lipinski definition) is 6. The van der Waals surface area contributed by atoms with Gasteiger partial charge in [0.05, 0.1) is 10.6 Å². The van der Waals surface area contributed by atoms with E-state index in [9.17, 15) is 14.9 Å². The van der Waals surface area contributed by atoms with E-state index in [4.69, 9.17) is 4.74 Å². The van der Waals surface area contributed by atoms with Crippen LogP contribution in [0.1, 0.15) is 25.6 Å². The molecule has 110 valence electrons. The Kier molecular flexibility index (Phi) is 4.49. The van der Waals surface area contributed by atoms with Gasteiger partial charge in [-0.3, -0.25) is 14.9 Å². The lowest BCUT2D eigenvalue weighted by molar-refractivity contribution is -0.384. The zero-order chi connectivity index (χ0) is 15.4. The summed E-state index contributed by atoms with van der Waals surface area (Å²) >= 11 is 1.31. The van der Waals surface area contributed by atoms with Gasteiger partial charge in [0.15, 0.2) is 5.13 Å². The molecule has 8 heteroatoms. The zero-order valence-corrected chi connectivity index (χ0v) is 12.2. The molecule has 0 fully saturated rings. The highest BCUT2D eigenvalue weighted by atomic mass is 32.1. The first-order chi connectivity index (χ1) is 9.95. The number of nitro groups is 1. The number of nitrogens with one attached hydrogen (secondary N) is 1. The molecule has 7 nitrogen and oxygen atoms in total. The van der Waals surface area contributed by atoms with E-state index < -0.39 is 4.92 Å². The molecule has 1 atom stereocenters. The highest BCUT2D eigenvalue weighted by Gasteiger charge is 2.13. The van der Waals surface area contributed by atoms with Crippen molar-refractivity contribution >= 4 is 28.1 Å². The fourth-order valence-corrected chi connectivity index (χ4v) is 2.43. The maximum Gasteiger partial charge on any atom is 0.269 e. The Morgan fingerprint density at radius 2 is 2.10 bits per heavy atom. The van der Waals surface area contributed by atoms with Gasteiger partial charge in [-0.1, -0.05) is 0 Å². The van der Waals surface area contributed by atoms with Crippen LogP contribution >= 0.6 is 11.3 Å². The zero-order valence-electron chi connectivity index (χ0n) is 11.4. The molecule has 21 heavy (non-hydrogen) atoms. The summed E-state index contributed by atoms with van der Waals surface area (Å²) in [5.74, 6) is 0.335. The monoisotopic (exact) mass is 307 g/mol. The van der Waals surface area contributed by atoms with Crippen LogP contribution in [0, 0.1) is 10.1 Å². The van der Waals surface area contributed by atoms with E-state index in [2.05, 4.69) is 10.3 Å². The van der Waals surface area contributed by atoms with Crippen LogP contribution in [0.5, 0.6) is 5.75 Å². The fourth-order valence-electron chi connectivity index (χ4n) is 1.59. The number of nitrogens with zero attached hydrogens (tertiary/aromatic N) is 2. The van der Waals surface area contributed by atoms with E-state index in [1.54, 1.807) is 5.38 Å². The highest BCUT2D eigenvalue weighted by molar-refractivity contribution is 7.13. The number of hydrogen-bond donors (Lipinski definition) is 1. The standard InChI is InChI=1S/C13H13N3O4S/c1-8(12-7-21-13(15-12)14-9(2)17)20-11-5-3-10(4-6-11)16(18)19/h3-8H,1-2H3,(H,14,15,17). The molecular formula is C13H13N3O4S. The van der Waals surface area contributed by atoms with Crippen molar-refractivity contribution in [2.45, 2.75) is 20.0 Å². The van der Waals surface area contributed by atoms with Crippen LogP contribution < -0.4 is 10.1 Å². The number of benzene rings is 1. The second-order valence-electron chi connectivity index (χ2n) is 4.27. The molecule has 1 aromatic carbocycles. The van der Waals surface area contributed by atoms with Gasteiger partial charge >= 0.3 is 0 Å². The third-order valence-corrected chi connectivity index (χ3v) is 3.36. The lowest BCUT2D eigenvalue weighted by atomic mass is 10.3. The van der Waals surface area contributed by atoms with Crippen LogP contribution in [-0.2, 0) is 4.79 Å². The van der Waals surface area contributed by atoms with Crippen LogP contribution in [-0.4, -0.2) is 15.8 Å². The number of thiazole rings is 1. The number of carbonyl (C=O) groups is 1. The van der Waals surface area contributed by atoms with Gasteiger partial charge in [0.25, 0.3) is 5.69 Å². The van der Waals surface area contributed by atoms with E-state index >= 15 is 0 Å². The Morgan fingerprint density at radius 1 is 1.43 bits per heavy atom. The van der Waals surface area contributed by atoms with Gasteiger partial charge in [-0.05, 0) is 19.1 Å². The van der Waals surface area contributed by atoms with Gasteiger partial charge in [0, 0.05) is 24.4 Å². The summed E-state index contributed by atoms with van der Waals surface area (Å²) in [7, 11) is 0. The molecule has 1 unspecified atom stereocenters. The van der Waals surface area contributed by atoms with Crippen LogP contribution in [0.4, 0.5) is 10.8 Å². The number of amides is 1. The summed E-state index contributed by atoms with van der Waals surface area (Å²) in [6.45, 7) is 3.23. The van der Waals surface area contributed by atoms with Crippen molar-refractivity contribution in [2.75, 3.05) is 5.32 Å².